The van der Waals surface area contributed by atoms with Gasteiger partial charge in [-0.1, -0.05) is 29.3 Å². The highest BCUT2D eigenvalue weighted by Crippen LogP contribution is 2.42. The average Bonchev–Trinajstić information content (AvgIpc) is 3.37. The summed E-state index contributed by atoms with van der Waals surface area (Å²) in [6, 6.07) is 8.82. The lowest BCUT2D eigenvalue weighted by atomic mass is 9.84. The number of benzene rings is 2. The highest BCUT2D eigenvalue weighted by molar-refractivity contribution is 6.35. The molecule has 1 saturated heterocycles. The molecule has 2 unspecified atom stereocenters. The maximum Gasteiger partial charge on any atom is 0.340 e. The van der Waals surface area contributed by atoms with Gasteiger partial charge in [0.1, 0.15) is 24.9 Å². The van der Waals surface area contributed by atoms with Crippen molar-refractivity contribution in [2.24, 2.45) is 0 Å². The predicted octanol–water partition coefficient (Wildman–Crippen LogP) is 4.85. The summed E-state index contributed by atoms with van der Waals surface area (Å²) in [5, 5.41) is 4.65. The molecule has 0 N–H and O–H groups in total. The number of rotatable bonds is 8. The molecule has 0 radical (unpaired) electrons. The van der Waals surface area contributed by atoms with Crippen LogP contribution in [0.5, 0.6) is 5.75 Å². The highest BCUT2D eigenvalue weighted by atomic mass is 35.5. The number of amides is 1. The predicted molar refractivity (Wildman–Crippen MR) is 128 cm³/mol. The van der Waals surface area contributed by atoms with Crippen LogP contribution in [0.3, 0.4) is 0 Å². The number of carbonyl (C=O) groups excluding carboxylic acids is 2. The summed E-state index contributed by atoms with van der Waals surface area (Å²) in [5.41, 5.74) is -0.998. The minimum Gasteiger partial charge on any atom is -0.487 e. The van der Waals surface area contributed by atoms with Crippen molar-refractivity contribution in [2.45, 2.75) is 37.5 Å². The lowest BCUT2D eigenvalue weighted by Gasteiger charge is -2.47. The molecule has 0 bridgehead atoms. The van der Waals surface area contributed by atoms with Gasteiger partial charge in [0.15, 0.2) is 12.2 Å². The Hall–Kier alpha value is -3.38. The first-order valence-electron chi connectivity index (χ1n) is 11.1. The number of aromatic nitrogens is 3. The number of hydrogen-bond acceptors (Lipinski definition) is 6. The first kappa shape index (κ1) is 27.6. The Kier molecular flexibility index (Phi) is 7.84. The van der Waals surface area contributed by atoms with Crippen LogP contribution in [-0.4, -0.2) is 63.1 Å². The Bertz CT molecular complexity index is 1310. The minimum atomic E-state index is -4.32. The van der Waals surface area contributed by atoms with Crippen LogP contribution in [0.2, 0.25) is 10.0 Å². The number of cyclic esters (lactones) is 1. The van der Waals surface area contributed by atoms with Crippen molar-refractivity contribution in [3.8, 4) is 5.75 Å². The van der Waals surface area contributed by atoms with E-state index in [1.807, 2.05) is 0 Å². The molecule has 202 valence electrons. The molecule has 38 heavy (non-hydrogen) atoms. The molecule has 4 rings (SSSR count). The van der Waals surface area contributed by atoms with Gasteiger partial charge in [-0.2, -0.15) is 13.9 Å². The molecule has 1 aromatic heterocycles. The fourth-order valence-electron chi connectivity index (χ4n) is 4.12. The van der Waals surface area contributed by atoms with Crippen molar-refractivity contribution in [3.63, 3.8) is 0 Å². The van der Waals surface area contributed by atoms with Crippen molar-refractivity contribution in [2.75, 3.05) is 13.2 Å². The molecule has 0 saturated carbocycles. The number of carbonyl (C=O) groups is 2. The molecule has 1 amide bonds. The molecule has 14 heteroatoms. The SMILES string of the molecule is CC1N(C(=O)c2ccc(OCC(F)(F)C(F)F)cc2)CC(=O)OC1(Cn1cncn1)c1ccc(Cl)cc1Cl. The quantitative estimate of drug-likeness (QED) is 0.282. The van der Waals surface area contributed by atoms with E-state index in [1.54, 1.807) is 19.1 Å². The molecule has 8 nitrogen and oxygen atoms in total. The van der Waals surface area contributed by atoms with Gasteiger partial charge in [-0.3, -0.25) is 9.59 Å². The average molecular weight is 575 g/mol. The summed E-state index contributed by atoms with van der Waals surface area (Å²) in [6.07, 6.45) is -1.16. The summed E-state index contributed by atoms with van der Waals surface area (Å²) >= 11 is 12.6. The summed E-state index contributed by atoms with van der Waals surface area (Å²) < 4.78 is 63.1. The van der Waals surface area contributed by atoms with Crippen LogP contribution in [0.4, 0.5) is 17.6 Å². The monoisotopic (exact) mass is 574 g/mol. The molecule has 1 aliphatic rings. The van der Waals surface area contributed by atoms with Crippen LogP contribution in [0.25, 0.3) is 0 Å². The van der Waals surface area contributed by atoms with E-state index in [0.717, 1.165) is 0 Å². The molecule has 2 heterocycles. The van der Waals surface area contributed by atoms with Gasteiger partial charge in [-0.25, -0.2) is 18.4 Å². The van der Waals surface area contributed by atoms with Crippen molar-refractivity contribution < 1.29 is 36.6 Å². The van der Waals surface area contributed by atoms with E-state index in [2.05, 4.69) is 10.1 Å². The fraction of sp³-hybridized carbons (Fsp3) is 0.333. The van der Waals surface area contributed by atoms with Crippen molar-refractivity contribution in [3.05, 3.63) is 76.3 Å². The summed E-state index contributed by atoms with van der Waals surface area (Å²) in [5.74, 6) is -5.75. The standard InChI is InChI=1S/C24H20Cl2F4N4O4/c1-14-23(10-33-13-31-12-32-33,18-7-4-16(25)8-19(18)26)38-20(35)9-34(14)21(36)15-2-5-17(6-3-15)37-11-24(29,30)22(27)28/h2-8,12-14,22H,9-11H2,1H3. The lowest BCUT2D eigenvalue weighted by Crippen LogP contribution is -2.61. The topological polar surface area (TPSA) is 86.5 Å². The van der Waals surface area contributed by atoms with Gasteiger partial charge in [0.2, 0.25) is 0 Å². The number of ether oxygens (including phenoxy) is 2. The van der Waals surface area contributed by atoms with Crippen LogP contribution in [0.15, 0.2) is 55.1 Å². The number of morpholine rings is 1. The second-order valence-electron chi connectivity index (χ2n) is 8.56. The molecular formula is C24H20Cl2F4N4O4. The van der Waals surface area contributed by atoms with Crippen LogP contribution >= 0.6 is 23.2 Å². The zero-order valence-corrected chi connectivity index (χ0v) is 21.2. The van der Waals surface area contributed by atoms with Gasteiger partial charge in [0, 0.05) is 21.2 Å². The number of nitrogens with zero attached hydrogens (tertiary/aromatic N) is 4. The lowest BCUT2D eigenvalue weighted by molar-refractivity contribution is -0.186. The first-order chi connectivity index (χ1) is 17.9. The molecule has 2 atom stereocenters. The van der Waals surface area contributed by atoms with E-state index < -0.39 is 42.5 Å². The highest BCUT2D eigenvalue weighted by Gasteiger charge is 2.52. The van der Waals surface area contributed by atoms with Crippen molar-refractivity contribution in [1.82, 2.24) is 19.7 Å². The van der Waals surface area contributed by atoms with Crippen LogP contribution in [0, 0.1) is 0 Å². The third-order valence-electron chi connectivity index (χ3n) is 6.10. The second-order valence-corrected chi connectivity index (χ2v) is 9.41. The molecule has 0 aliphatic carbocycles. The molecule has 1 aliphatic heterocycles. The van der Waals surface area contributed by atoms with Crippen molar-refractivity contribution in [1.29, 1.82) is 0 Å². The third kappa shape index (κ3) is 5.56. The van der Waals surface area contributed by atoms with Gasteiger partial charge >= 0.3 is 18.3 Å². The van der Waals surface area contributed by atoms with Crippen molar-refractivity contribution >= 4 is 35.1 Å². The molecule has 2 aromatic carbocycles. The molecule has 0 spiro atoms. The van der Waals surface area contributed by atoms with E-state index in [4.69, 9.17) is 32.7 Å². The Morgan fingerprint density at radius 2 is 1.95 bits per heavy atom. The smallest absolute Gasteiger partial charge is 0.340 e. The minimum absolute atomic E-state index is 0.0316. The van der Waals surface area contributed by atoms with Gasteiger partial charge < -0.3 is 14.4 Å². The third-order valence-corrected chi connectivity index (χ3v) is 6.65. The second kappa shape index (κ2) is 10.8. The van der Waals surface area contributed by atoms with Gasteiger partial charge in [-0.05, 0) is 43.3 Å². The number of halogens is 6. The van der Waals surface area contributed by atoms with E-state index >= 15 is 0 Å². The van der Waals surface area contributed by atoms with Gasteiger partial charge in [0.25, 0.3) is 5.91 Å². The molecule has 3 aromatic rings. The maximum atomic E-state index is 13.5. The van der Waals surface area contributed by atoms with Crippen LogP contribution in [-0.2, 0) is 21.7 Å². The normalized spacial score (nSPS) is 19.9. The Morgan fingerprint density at radius 3 is 2.55 bits per heavy atom. The fourth-order valence-corrected chi connectivity index (χ4v) is 4.68. The molecular weight excluding hydrogens is 555 g/mol. The number of hydrogen-bond donors (Lipinski definition) is 0. The summed E-state index contributed by atoms with van der Waals surface area (Å²) in [6.45, 7) is -0.269. The Balaban J connectivity index is 1.64. The van der Waals surface area contributed by atoms with Gasteiger partial charge in [0.05, 0.1) is 12.6 Å². The largest absolute Gasteiger partial charge is 0.487 e. The first-order valence-corrected chi connectivity index (χ1v) is 11.9. The zero-order chi connectivity index (χ0) is 27.7. The van der Waals surface area contributed by atoms with E-state index in [1.165, 1.54) is 52.6 Å². The van der Waals surface area contributed by atoms with E-state index in [0.29, 0.717) is 10.6 Å². The molecule has 1 fully saturated rings. The number of alkyl halides is 4. The summed E-state index contributed by atoms with van der Waals surface area (Å²) in [7, 11) is 0. The van der Waals surface area contributed by atoms with Gasteiger partial charge in [-0.15, -0.1) is 0 Å². The Morgan fingerprint density at radius 1 is 1.24 bits per heavy atom. The maximum absolute atomic E-state index is 13.5. The van der Waals surface area contributed by atoms with E-state index in [9.17, 15) is 27.2 Å². The Labute approximate surface area is 224 Å². The van der Waals surface area contributed by atoms with Crippen LogP contribution < -0.4 is 4.74 Å². The van der Waals surface area contributed by atoms with Crippen LogP contribution in [0.1, 0.15) is 22.8 Å². The van der Waals surface area contributed by atoms with E-state index in [-0.39, 0.29) is 29.4 Å². The summed E-state index contributed by atoms with van der Waals surface area (Å²) in [4.78, 5) is 31.6. The number of esters is 1. The zero-order valence-electron chi connectivity index (χ0n) is 19.7.